The first kappa shape index (κ1) is 14.8. The van der Waals surface area contributed by atoms with Gasteiger partial charge >= 0.3 is 5.97 Å². The summed E-state index contributed by atoms with van der Waals surface area (Å²) in [5, 5.41) is 12.2. The van der Waals surface area contributed by atoms with Gasteiger partial charge in [0.1, 0.15) is 5.41 Å². The van der Waals surface area contributed by atoms with Gasteiger partial charge in [0.2, 0.25) is 0 Å². The van der Waals surface area contributed by atoms with Crippen molar-refractivity contribution < 1.29 is 14.6 Å². The number of rotatable bonds is 3. The van der Waals surface area contributed by atoms with Crippen molar-refractivity contribution in [1.29, 1.82) is 0 Å². The fourth-order valence-corrected chi connectivity index (χ4v) is 4.20. The number of carboxylic acid groups (broad SMARTS) is 1. The summed E-state index contributed by atoms with van der Waals surface area (Å²) in [6, 6.07) is 0.402. The number of aliphatic carboxylic acids is 1. The summed E-state index contributed by atoms with van der Waals surface area (Å²) >= 11 is 1.55. The quantitative estimate of drug-likeness (QED) is 0.930. The summed E-state index contributed by atoms with van der Waals surface area (Å²) in [6.45, 7) is 4.99. The minimum atomic E-state index is -0.937. The summed E-state index contributed by atoms with van der Waals surface area (Å²) in [5.41, 5.74) is -0.290. The monoisotopic (exact) mass is 310 g/mol. The first-order valence-corrected chi connectivity index (χ1v) is 8.46. The summed E-state index contributed by atoms with van der Waals surface area (Å²) in [5.74, 6) is -0.836. The second-order valence-corrected chi connectivity index (χ2v) is 7.24. The number of hydrogen-bond acceptors (Lipinski definition) is 5. The Morgan fingerprint density at radius 1 is 1.48 bits per heavy atom. The highest BCUT2D eigenvalue weighted by Crippen LogP contribution is 2.35. The molecular formula is C15H22N2O3S. The molecule has 2 fully saturated rings. The Bertz CT molecular complexity index is 527. The van der Waals surface area contributed by atoms with Crippen LogP contribution in [0, 0.1) is 0 Å². The van der Waals surface area contributed by atoms with Gasteiger partial charge in [-0.25, -0.2) is 4.98 Å². The fourth-order valence-electron chi connectivity index (χ4n) is 3.13. The molecule has 0 spiro atoms. The van der Waals surface area contributed by atoms with Crippen LogP contribution in [0.25, 0.3) is 0 Å². The molecule has 1 aliphatic heterocycles. The van der Waals surface area contributed by atoms with Gasteiger partial charge in [-0.1, -0.05) is 12.8 Å². The molecule has 3 rings (SSSR count). The van der Waals surface area contributed by atoms with Crippen LogP contribution in [0.1, 0.15) is 45.2 Å². The van der Waals surface area contributed by atoms with E-state index in [1.165, 1.54) is 12.8 Å². The molecule has 1 saturated heterocycles. The molecule has 2 atom stereocenters. The summed E-state index contributed by atoms with van der Waals surface area (Å²) in [4.78, 5) is 18.3. The van der Waals surface area contributed by atoms with Gasteiger partial charge in [0.25, 0.3) is 0 Å². The average Bonchev–Trinajstić information content (AvgIpc) is 2.97. The number of hydrogen-bond donors (Lipinski definition) is 1. The Balaban J connectivity index is 1.83. The zero-order valence-electron chi connectivity index (χ0n) is 12.5. The lowest BCUT2D eigenvalue weighted by atomic mass is 9.90. The molecule has 0 bridgehead atoms. The number of carbonyl (C=O) groups is 1. The Kier molecular flexibility index (Phi) is 3.92. The summed E-state index contributed by atoms with van der Waals surface area (Å²) in [6.07, 6.45) is 5.05. The standard InChI is InChI=1S/C15H22N2O3S/c1-15(2,13(18)19)12-9-21-14(16-12)17-7-8-20-11-6-4-3-5-10(11)17/h9-11H,3-8H2,1-2H3,(H,18,19). The largest absolute Gasteiger partial charge is 0.481 e. The zero-order valence-corrected chi connectivity index (χ0v) is 13.4. The van der Waals surface area contributed by atoms with E-state index >= 15 is 0 Å². The van der Waals surface area contributed by atoms with Gasteiger partial charge in [-0.3, -0.25) is 4.79 Å². The fraction of sp³-hybridized carbons (Fsp3) is 0.733. The van der Waals surface area contributed by atoms with Crippen LogP contribution in [0.4, 0.5) is 5.13 Å². The molecule has 0 amide bonds. The number of aromatic nitrogens is 1. The zero-order chi connectivity index (χ0) is 15.0. The predicted octanol–water partition coefficient (Wildman–Crippen LogP) is 2.65. The molecule has 1 saturated carbocycles. The molecule has 2 unspecified atom stereocenters. The van der Waals surface area contributed by atoms with Crippen LogP contribution < -0.4 is 4.90 Å². The molecule has 21 heavy (non-hydrogen) atoms. The van der Waals surface area contributed by atoms with Crippen LogP contribution in [0.3, 0.4) is 0 Å². The van der Waals surface area contributed by atoms with Crippen LogP contribution >= 0.6 is 11.3 Å². The second kappa shape index (κ2) is 5.57. The first-order valence-electron chi connectivity index (χ1n) is 7.58. The van der Waals surface area contributed by atoms with E-state index in [0.717, 1.165) is 31.1 Å². The Morgan fingerprint density at radius 3 is 3.00 bits per heavy atom. The van der Waals surface area contributed by atoms with E-state index in [-0.39, 0.29) is 0 Å². The Morgan fingerprint density at radius 2 is 2.24 bits per heavy atom. The highest BCUT2D eigenvalue weighted by Gasteiger charge is 2.37. The van der Waals surface area contributed by atoms with Crippen molar-refractivity contribution in [3.8, 4) is 0 Å². The molecule has 1 aromatic heterocycles. The number of carboxylic acids is 1. The maximum absolute atomic E-state index is 11.4. The van der Waals surface area contributed by atoms with E-state index < -0.39 is 11.4 Å². The molecule has 6 heteroatoms. The number of anilines is 1. The SMILES string of the molecule is CC(C)(C(=O)O)c1csc(N2CCOC3CCCCC32)n1. The normalized spacial score (nSPS) is 26.5. The van der Waals surface area contributed by atoms with Gasteiger partial charge in [0.05, 0.1) is 24.4 Å². The van der Waals surface area contributed by atoms with Gasteiger partial charge in [0.15, 0.2) is 5.13 Å². The topological polar surface area (TPSA) is 62.7 Å². The maximum Gasteiger partial charge on any atom is 0.315 e. The molecule has 2 heterocycles. The molecule has 2 aliphatic rings. The van der Waals surface area contributed by atoms with Crippen molar-refractivity contribution in [2.24, 2.45) is 0 Å². The van der Waals surface area contributed by atoms with Crippen molar-refractivity contribution >= 4 is 22.4 Å². The molecule has 116 valence electrons. The average molecular weight is 310 g/mol. The third-order valence-electron chi connectivity index (χ3n) is 4.64. The Hall–Kier alpha value is -1.14. The van der Waals surface area contributed by atoms with Crippen LogP contribution in [0.15, 0.2) is 5.38 Å². The number of ether oxygens (including phenoxy) is 1. The molecule has 5 nitrogen and oxygen atoms in total. The minimum absolute atomic E-state index is 0.312. The van der Waals surface area contributed by atoms with Crippen molar-refractivity contribution in [2.75, 3.05) is 18.1 Å². The highest BCUT2D eigenvalue weighted by molar-refractivity contribution is 7.13. The van der Waals surface area contributed by atoms with Crippen molar-refractivity contribution in [1.82, 2.24) is 4.98 Å². The maximum atomic E-state index is 11.4. The highest BCUT2D eigenvalue weighted by atomic mass is 32.1. The van der Waals surface area contributed by atoms with E-state index in [2.05, 4.69) is 9.88 Å². The number of morpholine rings is 1. The number of nitrogens with zero attached hydrogens (tertiary/aromatic N) is 2. The molecule has 0 radical (unpaired) electrons. The summed E-state index contributed by atoms with van der Waals surface area (Å²) < 4.78 is 5.89. The van der Waals surface area contributed by atoms with E-state index in [0.29, 0.717) is 17.8 Å². The first-order chi connectivity index (χ1) is 10.00. The molecule has 0 aromatic carbocycles. The van der Waals surface area contributed by atoms with E-state index in [1.54, 1.807) is 25.2 Å². The van der Waals surface area contributed by atoms with Gasteiger partial charge in [0, 0.05) is 11.9 Å². The van der Waals surface area contributed by atoms with Crippen LogP contribution in [0.5, 0.6) is 0 Å². The van der Waals surface area contributed by atoms with Crippen LogP contribution in [-0.4, -0.2) is 41.4 Å². The molecule has 1 aromatic rings. The van der Waals surface area contributed by atoms with Crippen molar-refractivity contribution in [2.45, 2.75) is 57.1 Å². The third-order valence-corrected chi connectivity index (χ3v) is 5.52. The third kappa shape index (κ3) is 2.66. The number of thiazole rings is 1. The van der Waals surface area contributed by atoms with Crippen molar-refractivity contribution in [3.63, 3.8) is 0 Å². The molecule has 1 N–H and O–H groups in total. The van der Waals surface area contributed by atoms with Gasteiger partial charge in [-0.2, -0.15) is 0 Å². The van der Waals surface area contributed by atoms with Gasteiger partial charge < -0.3 is 14.7 Å². The van der Waals surface area contributed by atoms with Gasteiger partial charge in [-0.15, -0.1) is 11.3 Å². The van der Waals surface area contributed by atoms with Crippen LogP contribution in [-0.2, 0) is 14.9 Å². The lowest BCUT2D eigenvalue weighted by molar-refractivity contribution is -0.142. The number of fused-ring (bicyclic) bond motifs is 1. The minimum Gasteiger partial charge on any atom is -0.481 e. The summed E-state index contributed by atoms with van der Waals surface area (Å²) in [7, 11) is 0. The Labute approximate surface area is 128 Å². The predicted molar refractivity (Wildman–Crippen MR) is 82.1 cm³/mol. The van der Waals surface area contributed by atoms with Crippen molar-refractivity contribution in [3.05, 3.63) is 11.1 Å². The van der Waals surface area contributed by atoms with E-state index in [4.69, 9.17) is 4.74 Å². The van der Waals surface area contributed by atoms with Crippen LogP contribution in [0.2, 0.25) is 0 Å². The van der Waals surface area contributed by atoms with E-state index in [9.17, 15) is 9.90 Å². The smallest absolute Gasteiger partial charge is 0.315 e. The lowest BCUT2D eigenvalue weighted by Gasteiger charge is -2.43. The van der Waals surface area contributed by atoms with Gasteiger partial charge in [-0.05, 0) is 26.7 Å². The lowest BCUT2D eigenvalue weighted by Crippen LogP contribution is -2.52. The van der Waals surface area contributed by atoms with E-state index in [1.807, 2.05) is 5.38 Å². The molecule has 1 aliphatic carbocycles. The second-order valence-electron chi connectivity index (χ2n) is 6.40. The molecular weight excluding hydrogens is 288 g/mol.